The molecule has 0 bridgehead atoms. The Labute approximate surface area is 130 Å². The molecule has 2 N–H and O–H groups in total. The lowest BCUT2D eigenvalue weighted by atomic mass is 10.0. The summed E-state index contributed by atoms with van der Waals surface area (Å²) in [5.41, 5.74) is 3.39. The van der Waals surface area contributed by atoms with Crippen LogP contribution in [0.15, 0.2) is 42.5 Å². The highest BCUT2D eigenvalue weighted by atomic mass is 16.3. The number of benzene rings is 2. The lowest BCUT2D eigenvalue weighted by molar-refractivity contribution is 0.101. The Balaban J connectivity index is 2.17. The van der Waals surface area contributed by atoms with E-state index in [-0.39, 0.29) is 12.3 Å². The minimum absolute atomic E-state index is 0.0630. The molecule has 4 heteroatoms. The number of nitriles is 1. The van der Waals surface area contributed by atoms with Gasteiger partial charge < -0.3 is 10.4 Å². The zero-order valence-corrected chi connectivity index (χ0v) is 12.6. The van der Waals surface area contributed by atoms with Crippen molar-refractivity contribution in [2.45, 2.75) is 20.0 Å². The highest BCUT2D eigenvalue weighted by Gasteiger charge is 2.12. The van der Waals surface area contributed by atoms with Crippen molar-refractivity contribution in [3.8, 4) is 6.07 Å². The number of hydrogen-bond donors (Lipinski definition) is 2. The molecule has 0 aliphatic heterocycles. The monoisotopic (exact) mass is 294 g/mol. The number of carbonyl (C=O) groups excluding carboxylic acids is 1. The molecule has 0 saturated carbocycles. The van der Waals surface area contributed by atoms with E-state index in [4.69, 9.17) is 5.26 Å². The Morgan fingerprint density at radius 1 is 1.32 bits per heavy atom. The van der Waals surface area contributed by atoms with Crippen LogP contribution in [-0.2, 0) is 0 Å². The van der Waals surface area contributed by atoms with E-state index in [0.29, 0.717) is 16.8 Å². The molecule has 112 valence electrons. The van der Waals surface area contributed by atoms with Gasteiger partial charge in [-0.1, -0.05) is 24.3 Å². The third-order valence-corrected chi connectivity index (χ3v) is 3.58. The molecule has 2 aromatic rings. The van der Waals surface area contributed by atoms with E-state index in [1.165, 1.54) is 6.92 Å². The fraction of sp³-hybridized carbons (Fsp3) is 0.222. The van der Waals surface area contributed by atoms with E-state index in [9.17, 15) is 9.90 Å². The average molecular weight is 294 g/mol. The van der Waals surface area contributed by atoms with Gasteiger partial charge in [0.1, 0.15) is 6.07 Å². The highest BCUT2D eigenvalue weighted by Crippen LogP contribution is 2.21. The molecule has 0 amide bonds. The van der Waals surface area contributed by atoms with Gasteiger partial charge in [-0.25, -0.2) is 0 Å². The van der Waals surface area contributed by atoms with Gasteiger partial charge in [-0.3, -0.25) is 4.79 Å². The summed E-state index contributed by atoms with van der Waals surface area (Å²) in [5, 5.41) is 22.5. The maximum Gasteiger partial charge on any atom is 0.159 e. The SMILES string of the molecule is CC(=O)c1ccc(C#N)c(NCC(O)c2ccccc2C)c1. The Kier molecular flexibility index (Phi) is 4.92. The van der Waals surface area contributed by atoms with Crippen LogP contribution in [0.5, 0.6) is 0 Å². The minimum Gasteiger partial charge on any atom is -0.387 e. The number of hydrogen-bond acceptors (Lipinski definition) is 4. The summed E-state index contributed by atoms with van der Waals surface area (Å²) < 4.78 is 0. The first kappa shape index (κ1) is 15.7. The molecule has 0 aliphatic rings. The second-order valence-electron chi connectivity index (χ2n) is 5.18. The van der Waals surface area contributed by atoms with Crippen LogP contribution < -0.4 is 5.32 Å². The molecular weight excluding hydrogens is 276 g/mol. The number of aliphatic hydroxyl groups is 1. The van der Waals surface area contributed by atoms with Crippen molar-refractivity contribution < 1.29 is 9.90 Å². The van der Waals surface area contributed by atoms with Crippen molar-refractivity contribution in [2.75, 3.05) is 11.9 Å². The van der Waals surface area contributed by atoms with Gasteiger partial charge in [-0.15, -0.1) is 0 Å². The number of nitrogens with one attached hydrogen (secondary N) is 1. The van der Waals surface area contributed by atoms with Gasteiger partial charge in [0.15, 0.2) is 5.78 Å². The van der Waals surface area contributed by atoms with Crippen molar-refractivity contribution >= 4 is 11.5 Å². The second-order valence-corrected chi connectivity index (χ2v) is 5.18. The van der Waals surface area contributed by atoms with Crippen molar-refractivity contribution in [3.05, 3.63) is 64.7 Å². The highest BCUT2D eigenvalue weighted by molar-refractivity contribution is 5.95. The van der Waals surface area contributed by atoms with Crippen LogP contribution in [-0.4, -0.2) is 17.4 Å². The predicted molar refractivity (Wildman–Crippen MR) is 85.8 cm³/mol. The first-order valence-electron chi connectivity index (χ1n) is 7.05. The third-order valence-electron chi connectivity index (χ3n) is 3.58. The van der Waals surface area contributed by atoms with E-state index in [0.717, 1.165) is 11.1 Å². The first-order valence-corrected chi connectivity index (χ1v) is 7.05. The Bertz CT molecular complexity index is 732. The largest absolute Gasteiger partial charge is 0.387 e. The fourth-order valence-corrected chi connectivity index (χ4v) is 2.28. The molecule has 0 spiro atoms. The van der Waals surface area contributed by atoms with Crippen LogP contribution in [0.1, 0.15) is 40.1 Å². The Morgan fingerprint density at radius 2 is 2.05 bits per heavy atom. The molecule has 1 unspecified atom stereocenters. The number of ketones is 1. The second kappa shape index (κ2) is 6.88. The maximum absolute atomic E-state index is 11.4. The van der Waals surface area contributed by atoms with Crippen molar-refractivity contribution in [2.24, 2.45) is 0 Å². The standard InChI is InChI=1S/C18H18N2O2/c1-12-5-3-4-6-16(12)18(22)11-20-17-9-14(13(2)21)7-8-15(17)10-19/h3-9,18,20,22H,11H2,1-2H3. The molecule has 2 aromatic carbocycles. The van der Waals surface area contributed by atoms with Crippen LogP contribution in [0, 0.1) is 18.3 Å². The van der Waals surface area contributed by atoms with Crippen LogP contribution in [0.4, 0.5) is 5.69 Å². The fourth-order valence-electron chi connectivity index (χ4n) is 2.28. The van der Waals surface area contributed by atoms with Gasteiger partial charge in [-0.05, 0) is 43.2 Å². The smallest absolute Gasteiger partial charge is 0.159 e. The molecular formula is C18H18N2O2. The van der Waals surface area contributed by atoms with E-state index >= 15 is 0 Å². The Morgan fingerprint density at radius 3 is 2.68 bits per heavy atom. The predicted octanol–water partition coefficient (Wildman–Crippen LogP) is 3.21. The lowest BCUT2D eigenvalue weighted by Gasteiger charge is -2.16. The quantitative estimate of drug-likeness (QED) is 0.830. The van der Waals surface area contributed by atoms with Crippen LogP contribution in [0.25, 0.3) is 0 Å². The molecule has 0 heterocycles. The molecule has 0 fully saturated rings. The minimum atomic E-state index is -0.686. The molecule has 0 saturated heterocycles. The normalized spacial score (nSPS) is 11.5. The lowest BCUT2D eigenvalue weighted by Crippen LogP contribution is -2.14. The topological polar surface area (TPSA) is 73.1 Å². The zero-order valence-electron chi connectivity index (χ0n) is 12.6. The molecule has 0 aromatic heterocycles. The van der Waals surface area contributed by atoms with Gasteiger partial charge in [0, 0.05) is 12.1 Å². The summed E-state index contributed by atoms with van der Waals surface area (Å²) in [5.74, 6) is -0.0630. The maximum atomic E-state index is 11.4. The molecule has 4 nitrogen and oxygen atoms in total. The van der Waals surface area contributed by atoms with Gasteiger partial charge >= 0.3 is 0 Å². The van der Waals surface area contributed by atoms with E-state index < -0.39 is 6.10 Å². The number of nitrogens with zero attached hydrogens (tertiary/aromatic N) is 1. The molecule has 22 heavy (non-hydrogen) atoms. The van der Waals surface area contributed by atoms with Crippen molar-refractivity contribution in [3.63, 3.8) is 0 Å². The number of Topliss-reactive ketones (excluding diaryl/α,β-unsaturated/α-hetero) is 1. The molecule has 2 rings (SSSR count). The summed E-state index contributed by atoms with van der Waals surface area (Å²) in [6.45, 7) is 3.68. The van der Waals surface area contributed by atoms with E-state index in [1.54, 1.807) is 18.2 Å². The van der Waals surface area contributed by atoms with Gasteiger partial charge in [0.2, 0.25) is 0 Å². The number of aliphatic hydroxyl groups excluding tert-OH is 1. The molecule has 0 radical (unpaired) electrons. The number of anilines is 1. The third kappa shape index (κ3) is 3.51. The Hall–Kier alpha value is -2.64. The summed E-state index contributed by atoms with van der Waals surface area (Å²) in [6, 6.07) is 14.6. The van der Waals surface area contributed by atoms with Gasteiger partial charge in [0.05, 0.1) is 17.4 Å². The summed E-state index contributed by atoms with van der Waals surface area (Å²) in [7, 11) is 0. The summed E-state index contributed by atoms with van der Waals surface area (Å²) in [4.78, 5) is 11.4. The number of aryl methyl sites for hydroxylation is 1. The van der Waals surface area contributed by atoms with E-state index in [2.05, 4.69) is 11.4 Å². The van der Waals surface area contributed by atoms with Crippen LogP contribution >= 0.6 is 0 Å². The van der Waals surface area contributed by atoms with Gasteiger partial charge in [-0.2, -0.15) is 5.26 Å². The van der Waals surface area contributed by atoms with Crippen molar-refractivity contribution in [1.82, 2.24) is 0 Å². The first-order chi connectivity index (χ1) is 10.5. The van der Waals surface area contributed by atoms with Crippen molar-refractivity contribution in [1.29, 1.82) is 5.26 Å². The summed E-state index contributed by atoms with van der Waals surface area (Å²) >= 11 is 0. The summed E-state index contributed by atoms with van der Waals surface area (Å²) in [6.07, 6.45) is -0.686. The van der Waals surface area contributed by atoms with Gasteiger partial charge in [0.25, 0.3) is 0 Å². The molecule has 0 aliphatic carbocycles. The van der Waals surface area contributed by atoms with Crippen LogP contribution in [0.2, 0.25) is 0 Å². The van der Waals surface area contributed by atoms with Crippen LogP contribution in [0.3, 0.4) is 0 Å². The average Bonchev–Trinajstić information content (AvgIpc) is 2.52. The van der Waals surface area contributed by atoms with E-state index in [1.807, 2.05) is 31.2 Å². The molecule has 1 atom stereocenters. The number of rotatable bonds is 5. The number of carbonyl (C=O) groups is 1. The zero-order chi connectivity index (χ0) is 16.1.